The Labute approximate surface area is 166 Å². The number of para-hydroxylation sites is 1. The number of halogens is 1. The molecule has 1 amide bonds. The van der Waals surface area contributed by atoms with Gasteiger partial charge in [0.15, 0.2) is 10.9 Å². The molecule has 28 heavy (non-hydrogen) atoms. The Morgan fingerprint density at radius 2 is 1.75 bits per heavy atom. The number of thiocarbonyl (C=S) groups is 1. The van der Waals surface area contributed by atoms with Crippen LogP contribution in [0.3, 0.4) is 0 Å². The molecule has 0 aliphatic heterocycles. The van der Waals surface area contributed by atoms with Gasteiger partial charge in [0.2, 0.25) is 0 Å². The van der Waals surface area contributed by atoms with Crippen molar-refractivity contribution in [3.63, 3.8) is 0 Å². The molecule has 0 bridgehead atoms. The van der Waals surface area contributed by atoms with Gasteiger partial charge in [-0.3, -0.25) is 15.6 Å². The molecule has 144 valence electrons. The van der Waals surface area contributed by atoms with Gasteiger partial charge in [0.05, 0.1) is 0 Å². The Bertz CT molecular complexity index is 929. The highest BCUT2D eigenvalue weighted by molar-refractivity contribution is 7.80. The lowest BCUT2D eigenvalue weighted by Crippen LogP contribution is -2.46. The summed E-state index contributed by atoms with van der Waals surface area (Å²) in [4.78, 5) is 12.1. The van der Waals surface area contributed by atoms with Crippen molar-refractivity contribution in [2.45, 2.75) is 13.2 Å². The third-order valence-corrected chi connectivity index (χ3v) is 3.91. The van der Waals surface area contributed by atoms with Gasteiger partial charge in [-0.05, 0) is 54.2 Å². The van der Waals surface area contributed by atoms with Gasteiger partial charge in [0.25, 0.3) is 0 Å². The van der Waals surface area contributed by atoms with E-state index in [1.165, 1.54) is 12.1 Å². The highest BCUT2D eigenvalue weighted by atomic mass is 32.1. The van der Waals surface area contributed by atoms with E-state index in [0.717, 1.165) is 5.56 Å². The summed E-state index contributed by atoms with van der Waals surface area (Å²) < 4.78 is 23.9. The molecular formula is C20H18FN3O3S. The predicted octanol–water partition coefficient (Wildman–Crippen LogP) is 3.31. The maximum Gasteiger partial charge on any atom is 0.305 e. The minimum absolute atomic E-state index is 0.125. The highest BCUT2D eigenvalue weighted by Gasteiger charge is 2.11. The van der Waals surface area contributed by atoms with Gasteiger partial charge < -0.3 is 14.5 Å². The molecule has 0 atom stereocenters. The summed E-state index contributed by atoms with van der Waals surface area (Å²) in [7, 11) is 0. The maximum absolute atomic E-state index is 12.9. The number of benzene rings is 2. The fraction of sp³-hybridized carbons (Fsp3) is 0.100. The summed E-state index contributed by atoms with van der Waals surface area (Å²) in [5.74, 6) is 0.580. The second-order valence-electron chi connectivity index (χ2n) is 5.76. The zero-order valence-corrected chi connectivity index (χ0v) is 15.6. The van der Waals surface area contributed by atoms with E-state index in [1.807, 2.05) is 30.3 Å². The van der Waals surface area contributed by atoms with Gasteiger partial charge >= 0.3 is 5.91 Å². The molecule has 0 radical (unpaired) electrons. The van der Waals surface area contributed by atoms with Crippen LogP contribution in [0.2, 0.25) is 0 Å². The Kier molecular flexibility index (Phi) is 6.59. The first-order valence-electron chi connectivity index (χ1n) is 8.45. The van der Waals surface area contributed by atoms with Gasteiger partial charge in [-0.2, -0.15) is 0 Å². The number of carbonyl (C=O) groups is 1. The highest BCUT2D eigenvalue weighted by Crippen LogP contribution is 2.13. The summed E-state index contributed by atoms with van der Waals surface area (Å²) in [6.07, 6.45) is 0. The topological polar surface area (TPSA) is 75.5 Å². The maximum atomic E-state index is 12.9. The standard InChI is InChI=1S/C20H18FN3O3S/c21-15-8-6-14(7-9-15)12-22-20(28)24-23-19(25)18-11-10-17(27-18)13-26-16-4-2-1-3-5-16/h1-11H,12-13H2,(H,23,25)(H2,22,24,28). The Morgan fingerprint density at radius 1 is 1.00 bits per heavy atom. The van der Waals surface area contributed by atoms with Gasteiger partial charge in [0.1, 0.15) is 23.9 Å². The number of furan rings is 1. The van der Waals surface area contributed by atoms with E-state index in [9.17, 15) is 9.18 Å². The molecule has 2 aromatic carbocycles. The summed E-state index contributed by atoms with van der Waals surface area (Å²) in [6.45, 7) is 0.603. The van der Waals surface area contributed by atoms with Crippen molar-refractivity contribution in [1.82, 2.24) is 16.2 Å². The zero-order valence-electron chi connectivity index (χ0n) is 14.8. The first-order valence-corrected chi connectivity index (χ1v) is 8.86. The van der Waals surface area contributed by atoms with Crippen LogP contribution in [0.1, 0.15) is 21.9 Å². The van der Waals surface area contributed by atoms with Crippen molar-refractivity contribution in [1.29, 1.82) is 0 Å². The number of hydrogen-bond acceptors (Lipinski definition) is 4. The number of ether oxygens (including phenoxy) is 1. The van der Waals surface area contributed by atoms with Crippen LogP contribution in [-0.2, 0) is 13.2 Å². The molecule has 0 spiro atoms. The van der Waals surface area contributed by atoms with Crippen LogP contribution < -0.4 is 20.9 Å². The van der Waals surface area contributed by atoms with Crippen LogP contribution >= 0.6 is 12.2 Å². The largest absolute Gasteiger partial charge is 0.486 e. The van der Waals surface area contributed by atoms with Gasteiger partial charge in [-0.1, -0.05) is 30.3 Å². The molecule has 0 aliphatic carbocycles. The Morgan fingerprint density at radius 3 is 2.50 bits per heavy atom. The van der Waals surface area contributed by atoms with E-state index in [4.69, 9.17) is 21.4 Å². The number of carbonyl (C=O) groups excluding carboxylic acids is 1. The number of amides is 1. The van der Waals surface area contributed by atoms with Crippen molar-refractivity contribution in [3.8, 4) is 5.75 Å². The number of rotatable bonds is 6. The van der Waals surface area contributed by atoms with Gasteiger partial charge in [-0.25, -0.2) is 4.39 Å². The molecule has 0 saturated carbocycles. The van der Waals surface area contributed by atoms with E-state index >= 15 is 0 Å². The normalized spacial score (nSPS) is 10.2. The van der Waals surface area contributed by atoms with Crippen LogP contribution in [-0.4, -0.2) is 11.0 Å². The first-order chi connectivity index (χ1) is 13.6. The predicted molar refractivity (Wildman–Crippen MR) is 106 cm³/mol. The summed E-state index contributed by atoms with van der Waals surface area (Å²) in [5, 5.41) is 3.12. The summed E-state index contributed by atoms with van der Waals surface area (Å²) >= 11 is 5.09. The molecule has 3 N–H and O–H groups in total. The van der Waals surface area contributed by atoms with Crippen LogP contribution in [0.25, 0.3) is 0 Å². The number of nitrogens with one attached hydrogen (secondary N) is 3. The molecule has 6 nitrogen and oxygen atoms in total. The number of hydrazine groups is 1. The molecular weight excluding hydrogens is 381 g/mol. The first kappa shape index (κ1) is 19.4. The van der Waals surface area contributed by atoms with Crippen LogP contribution in [0.5, 0.6) is 5.75 Å². The third kappa shape index (κ3) is 5.82. The van der Waals surface area contributed by atoms with E-state index in [-0.39, 0.29) is 23.3 Å². The van der Waals surface area contributed by atoms with Crippen molar-refractivity contribution < 1.29 is 18.3 Å². The second kappa shape index (κ2) is 9.52. The molecule has 3 aromatic rings. The van der Waals surface area contributed by atoms with E-state index < -0.39 is 5.91 Å². The molecule has 0 fully saturated rings. The lowest BCUT2D eigenvalue weighted by molar-refractivity contribution is 0.0911. The molecule has 1 aromatic heterocycles. The zero-order chi connectivity index (χ0) is 19.8. The molecule has 0 aliphatic rings. The van der Waals surface area contributed by atoms with Gasteiger partial charge in [-0.15, -0.1) is 0 Å². The fourth-order valence-corrected chi connectivity index (χ4v) is 2.38. The average molecular weight is 399 g/mol. The van der Waals surface area contributed by atoms with Crippen molar-refractivity contribution in [3.05, 3.63) is 89.6 Å². The summed E-state index contributed by atoms with van der Waals surface area (Å²) in [6, 6.07) is 18.5. The van der Waals surface area contributed by atoms with Crippen LogP contribution in [0.15, 0.2) is 71.1 Å². The lowest BCUT2D eigenvalue weighted by atomic mass is 10.2. The number of hydrogen-bond donors (Lipinski definition) is 3. The minimum atomic E-state index is -0.475. The lowest BCUT2D eigenvalue weighted by Gasteiger charge is -2.11. The third-order valence-electron chi connectivity index (χ3n) is 3.67. The average Bonchev–Trinajstić information content (AvgIpc) is 3.20. The van der Waals surface area contributed by atoms with E-state index in [2.05, 4.69) is 16.2 Å². The van der Waals surface area contributed by atoms with Crippen molar-refractivity contribution in [2.75, 3.05) is 0 Å². The fourth-order valence-electron chi connectivity index (χ4n) is 2.25. The summed E-state index contributed by atoms with van der Waals surface area (Å²) in [5.41, 5.74) is 5.88. The Balaban J connectivity index is 1.41. The van der Waals surface area contributed by atoms with Crippen LogP contribution in [0.4, 0.5) is 4.39 Å². The quantitative estimate of drug-likeness (QED) is 0.436. The molecule has 3 rings (SSSR count). The van der Waals surface area contributed by atoms with Crippen molar-refractivity contribution >= 4 is 23.2 Å². The van der Waals surface area contributed by atoms with Crippen LogP contribution in [0, 0.1) is 5.82 Å². The minimum Gasteiger partial charge on any atom is -0.486 e. The monoisotopic (exact) mass is 399 g/mol. The Hall–Kier alpha value is -3.39. The van der Waals surface area contributed by atoms with Gasteiger partial charge in [0, 0.05) is 6.54 Å². The molecule has 0 saturated heterocycles. The SMILES string of the molecule is O=C(NNC(=S)NCc1ccc(F)cc1)c1ccc(COc2ccccc2)o1. The smallest absolute Gasteiger partial charge is 0.305 e. The van der Waals surface area contributed by atoms with E-state index in [0.29, 0.717) is 18.1 Å². The molecule has 8 heteroatoms. The second-order valence-corrected chi connectivity index (χ2v) is 6.16. The van der Waals surface area contributed by atoms with Crippen molar-refractivity contribution in [2.24, 2.45) is 0 Å². The van der Waals surface area contributed by atoms with E-state index in [1.54, 1.807) is 24.3 Å². The molecule has 1 heterocycles. The molecule has 0 unspecified atom stereocenters.